The molecule has 0 aliphatic carbocycles. The molecule has 0 aromatic carbocycles. The molecular formula is C17H26N5O10S2-. The summed E-state index contributed by atoms with van der Waals surface area (Å²) in [5, 5.41) is 43.9. The summed E-state index contributed by atoms with van der Waals surface area (Å²) >= 11 is 0. The maximum Gasteiger partial charge on any atom is 0.322 e. The average molecular weight is 525 g/mol. The summed E-state index contributed by atoms with van der Waals surface area (Å²) in [7, 11) is 2.00. The van der Waals surface area contributed by atoms with Gasteiger partial charge in [0.25, 0.3) is 0 Å². The molecule has 0 aliphatic heterocycles. The molecule has 0 spiro atoms. The largest absolute Gasteiger partial charge is 0.862 e. The molecule has 15 nitrogen and oxygen atoms in total. The zero-order valence-corrected chi connectivity index (χ0v) is 19.6. The van der Waals surface area contributed by atoms with Crippen molar-refractivity contribution in [2.45, 2.75) is 37.9 Å². The van der Waals surface area contributed by atoms with Gasteiger partial charge < -0.3 is 42.1 Å². The van der Waals surface area contributed by atoms with Crippen molar-refractivity contribution >= 4 is 63.1 Å². The number of hydrogen-bond donors (Lipinski definition) is 7. The number of carboxylic acids is 3. The highest BCUT2D eigenvalue weighted by Crippen LogP contribution is 2.24. The normalized spacial score (nSPS) is 13.8. The van der Waals surface area contributed by atoms with Crippen LogP contribution in [0, 0.1) is 0 Å². The van der Waals surface area contributed by atoms with Crippen LogP contribution in [-0.2, 0) is 28.8 Å². The topological polar surface area (TPSA) is 261 Å². The lowest BCUT2D eigenvalue weighted by Gasteiger charge is -2.19. The highest BCUT2D eigenvalue weighted by Gasteiger charge is 2.24. The van der Waals surface area contributed by atoms with Gasteiger partial charge in [-0.25, -0.2) is 0 Å². The van der Waals surface area contributed by atoms with Gasteiger partial charge in [-0.15, -0.1) is 0 Å². The first-order chi connectivity index (χ1) is 15.8. The van der Waals surface area contributed by atoms with Crippen molar-refractivity contribution < 1.29 is 49.2 Å². The van der Waals surface area contributed by atoms with Crippen LogP contribution in [-0.4, -0.2) is 99.6 Å². The number of nitrogens with one attached hydrogen (secondary N) is 3. The predicted molar refractivity (Wildman–Crippen MR) is 120 cm³/mol. The van der Waals surface area contributed by atoms with Crippen LogP contribution in [0.1, 0.15) is 19.8 Å². The van der Waals surface area contributed by atoms with E-state index >= 15 is 0 Å². The number of rotatable bonds is 17. The van der Waals surface area contributed by atoms with Crippen molar-refractivity contribution in [3.05, 3.63) is 0 Å². The molecule has 8 N–H and O–H groups in total. The summed E-state index contributed by atoms with van der Waals surface area (Å²) in [5.74, 6) is -6.99. The highest BCUT2D eigenvalue weighted by atomic mass is 33.1. The lowest BCUT2D eigenvalue weighted by Crippen LogP contribution is -2.49. The first-order valence-corrected chi connectivity index (χ1v) is 12.0. The van der Waals surface area contributed by atoms with Gasteiger partial charge in [-0.3, -0.25) is 33.8 Å². The molecule has 17 heteroatoms. The maximum atomic E-state index is 12.2. The summed E-state index contributed by atoms with van der Waals surface area (Å²) in [6.07, 6.45) is -0.483. The fraction of sp³-hybridized carbons (Fsp3) is 0.588. The third kappa shape index (κ3) is 14.9. The van der Waals surface area contributed by atoms with Gasteiger partial charge in [0.2, 0.25) is 17.7 Å². The summed E-state index contributed by atoms with van der Waals surface area (Å²) in [6, 6.07) is -3.67. The average Bonchev–Trinajstić information content (AvgIpc) is 2.74. The Hall–Kier alpha value is -3.05. The second-order valence-corrected chi connectivity index (χ2v) is 9.11. The number of carbonyl (C=O) groups excluding carboxylic acids is 3. The van der Waals surface area contributed by atoms with Gasteiger partial charge in [0.1, 0.15) is 31.2 Å². The second-order valence-electron chi connectivity index (χ2n) is 6.56. The maximum absolute atomic E-state index is 12.2. The predicted octanol–water partition coefficient (Wildman–Crippen LogP) is -3.41. The van der Waals surface area contributed by atoms with E-state index in [1.165, 1.54) is 0 Å². The molecule has 0 rings (SSSR count). The van der Waals surface area contributed by atoms with Crippen molar-refractivity contribution in [3.8, 4) is 0 Å². The van der Waals surface area contributed by atoms with Gasteiger partial charge in [-0.05, 0) is 19.2 Å². The lowest BCUT2D eigenvalue weighted by molar-refractivity contribution is -0.216. The van der Waals surface area contributed by atoms with Gasteiger partial charge in [0.15, 0.2) is 0 Å². The lowest BCUT2D eigenvalue weighted by atomic mass is 10.1. The van der Waals surface area contributed by atoms with Crippen LogP contribution in [0.15, 0.2) is 4.99 Å². The Morgan fingerprint density at radius 1 is 0.941 bits per heavy atom. The number of amides is 3. The number of nitrogens with two attached hydrogens (primary N) is 1. The van der Waals surface area contributed by atoms with Crippen molar-refractivity contribution in [2.24, 2.45) is 10.7 Å². The number of aliphatic imine (C=N–C) groups is 1. The number of carbonyl (C=O) groups is 6. The van der Waals surface area contributed by atoms with E-state index in [0.717, 1.165) is 28.5 Å². The van der Waals surface area contributed by atoms with Gasteiger partial charge >= 0.3 is 17.9 Å². The minimum Gasteiger partial charge on any atom is -0.862 e. The van der Waals surface area contributed by atoms with E-state index in [9.17, 15) is 33.9 Å². The van der Waals surface area contributed by atoms with Crippen LogP contribution in [0.4, 0.5) is 0 Å². The Morgan fingerprint density at radius 3 is 1.97 bits per heavy atom. The zero-order chi connectivity index (χ0) is 26.3. The van der Waals surface area contributed by atoms with E-state index < -0.39 is 72.7 Å². The summed E-state index contributed by atoms with van der Waals surface area (Å²) in [4.78, 5) is 71.9. The van der Waals surface area contributed by atoms with Crippen LogP contribution < -0.4 is 26.8 Å². The molecular weight excluding hydrogens is 498 g/mol. The summed E-state index contributed by atoms with van der Waals surface area (Å²) in [5.41, 5.74) is 5.33. The second kappa shape index (κ2) is 16.5. The number of hydrogen-bond acceptors (Lipinski definition) is 11. The number of carboxylic acid groups (broad SMARTS) is 3. The van der Waals surface area contributed by atoms with E-state index in [2.05, 4.69) is 20.9 Å². The van der Waals surface area contributed by atoms with E-state index in [0.29, 0.717) is 0 Å². The third-order valence-corrected chi connectivity index (χ3v) is 6.07. The Morgan fingerprint density at radius 2 is 1.47 bits per heavy atom. The minimum absolute atomic E-state index is 0.0689. The fourth-order valence-electron chi connectivity index (χ4n) is 2.05. The van der Waals surface area contributed by atoms with E-state index in [4.69, 9.17) is 21.1 Å². The van der Waals surface area contributed by atoms with Gasteiger partial charge in [0.05, 0.1) is 0 Å². The van der Waals surface area contributed by atoms with Gasteiger partial charge in [-0.2, -0.15) is 0 Å². The van der Waals surface area contributed by atoms with E-state index in [1.54, 1.807) is 0 Å². The van der Waals surface area contributed by atoms with Gasteiger partial charge in [-0.1, -0.05) is 21.6 Å². The monoisotopic (exact) mass is 524 g/mol. The van der Waals surface area contributed by atoms with Crippen LogP contribution in [0.5, 0.6) is 0 Å². The summed E-state index contributed by atoms with van der Waals surface area (Å²) in [6.45, 7) is -0.246. The molecule has 0 aliphatic rings. The van der Waals surface area contributed by atoms with Crippen molar-refractivity contribution in [1.82, 2.24) is 16.0 Å². The van der Waals surface area contributed by atoms with Crippen molar-refractivity contribution in [1.29, 1.82) is 0 Å². The number of aliphatic carboxylic acids is 3. The van der Waals surface area contributed by atoms with E-state index in [-0.39, 0.29) is 24.3 Å². The van der Waals surface area contributed by atoms with Gasteiger partial charge in [0, 0.05) is 17.9 Å². The summed E-state index contributed by atoms with van der Waals surface area (Å²) < 4.78 is 0. The molecule has 0 bridgehead atoms. The molecule has 0 saturated carbocycles. The number of nitrogens with zero attached hydrogens (tertiary/aromatic N) is 1. The van der Waals surface area contributed by atoms with Crippen molar-refractivity contribution in [3.63, 3.8) is 0 Å². The zero-order valence-electron chi connectivity index (χ0n) is 18.0. The Balaban J connectivity index is 4.97. The molecule has 3 atom stereocenters. The quantitative estimate of drug-likeness (QED) is 0.0424. The molecule has 1 unspecified atom stereocenters. The molecule has 0 radical (unpaired) electrons. The molecule has 192 valence electrons. The first-order valence-electron chi connectivity index (χ1n) is 9.56. The van der Waals surface area contributed by atoms with Crippen molar-refractivity contribution in [2.75, 3.05) is 24.6 Å². The van der Waals surface area contributed by atoms with Crippen LogP contribution in [0.2, 0.25) is 0 Å². The molecule has 34 heavy (non-hydrogen) atoms. The Labute approximate surface area is 201 Å². The molecule has 0 heterocycles. The highest BCUT2D eigenvalue weighted by molar-refractivity contribution is 8.76. The molecule has 3 amide bonds. The third-order valence-electron chi connectivity index (χ3n) is 3.66. The minimum atomic E-state index is -1.31. The Kier molecular flexibility index (Phi) is 15.1. The molecule has 0 fully saturated rings. The fourth-order valence-corrected chi connectivity index (χ4v) is 4.34. The van der Waals surface area contributed by atoms with Crippen LogP contribution >= 0.6 is 21.6 Å². The molecule has 0 aromatic heterocycles. The molecule has 0 aromatic rings. The SMILES string of the molecule is CC([O-])=NC(CSSC[C@H](NC(=O)CC[C@H](N)C(=O)O)C(=O)NCC(=O)O)C(=O)NCC(=O)O. The Bertz CT molecular complexity index is 791. The molecule has 0 saturated heterocycles. The van der Waals surface area contributed by atoms with Crippen LogP contribution in [0.25, 0.3) is 0 Å². The van der Waals surface area contributed by atoms with E-state index in [1.807, 2.05) is 0 Å². The van der Waals surface area contributed by atoms with Crippen LogP contribution in [0.3, 0.4) is 0 Å². The first kappa shape index (κ1) is 30.9. The standard InChI is InChI=1S/C17H27N5O10S2/c1-8(23)21-10(15(29)19-4-13(25)26)6-33-34-7-11(16(30)20-5-14(27)28)22-12(24)3-2-9(18)17(31)32/h9-11H,2-7,18H2,1H3,(H,19,29)(H,20,30)(H,21,23)(H,22,24)(H,25,26)(H,27,28)(H,31,32)/p-1/t9-,10?,11-/m0/s1. The smallest absolute Gasteiger partial charge is 0.322 e.